The molecular formula is C25H28Cl2N2O2. The number of nitrogens with zero attached hydrogens (tertiary/aromatic N) is 2. The maximum absolute atomic E-state index is 13.6. The van der Waals surface area contributed by atoms with Crippen LogP contribution in [0.5, 0.6) is 0 Å². The molecule has 2 saturated heterocycles. The molecule has 4 rings (SSSR count). The summed E-state index contributed by atoms with van der Waals surface area (Å²) in [5.74, 6) is 0.940. The second-order valence-corrected chi connectivity index (χ2v) is 9.18. The summed E-state index contributed by atoms with van der Waals surface area (Å²) in [6.07, 6.45) is 3.01. The van der Waals surface area contributed by atoms with Gasteiger partial charge in [-0.2, -0.15) is 0 Å². The van der Waals surface area contributed by atoms with Gasteiger partial charge in [0.25, 0.3) is 0 Å². The number of hydrogen-bond donors (Lipinski definition) is 0. The molecule has 2 aromatic carbocycles. The smallest absolute Gasteiger partial charge is 0.238 e. The van der Waals surface area contributed by atoms with E-state index in [-0.39, 0.29) is 11.8 Å². The monoisotopic (exact) mass is 458 g/mol. The molecule has 164 valence electrons. The van der Waals surface area contributed by atoms with Gasteiger partial charge in [0.15, 0.2) is 0 Å². The van der Waals surface area contributed by atoms with E-state index in [9.17, 15) is 9.59 Å². The molecule has 0 bridgehead atoms. The van der Waals surface area contributed by atoms with Crippen LogP contribution in [0.4, 0.5) is 0 Å². The molecule has 1 spiro atoms. The fourth-order valence-corrected chi connectivity index (χ4v) is 5.16. The Kier molecular flexibility index (Phi) is 6.88. The lowest BCUT2D eigenvalue weighted by atomic mass is 9.72. The van der Waals surface area contributed by atoms with Gasteiger partial charge >= 0.3 is 0 Å². The number of piperidine rings is 2. The minimum Gasteiger partial charge on any atom is -0.337 e. The summed E-state index contributed by atoms with van der Waals surface area (Å²) in [6, 6.07) is 16.1. The average Bonchev–Trinajstić information content (AvgIpc) is 2.81. The largest absolute Gasteiger partial charge is 0.337 e. The van der Waals surface area contributed by atoms with Gasteiger partial charge in [-0.15, -0.1) is 23.2 Å². The molecule has 2 amide bonds. The molecule has 2 fully saturated rings. The molecule has 2 heterocycles. The maximum atomic E-state index is 13.6. The second-order valence-electron chi connectivity index (χ2n) is 8.64. The van der Waals surface area contributed by atoms with Crippen molar-refractivity contribution in [1.29, 1.82) is 0 Å². The average molecular weight is 459 g/mol. The Balaban J connectivity index is 1.49. The van der Waals surface area contributed by atoms with Crippen LogP contribution in [0.25, 0.3) is 0 Å². The Morgan fingerprint density at radius 3 is 1.35 bits per heavy atom. The number of alkyl halides is 2. The minimum absolute atomic E-state index is 0.00708. The molecule has 0 aliphatic carbocycles. The molecule has 2 aliphatic rings. The third-order valence-corrected chi connectivity index (χ3v) is 7.17. The van der Waals surface area contributed by atoms with E-state index in [0.717, 1.165) is 35.1 Å². The first-order valence-corrected chi connectivity index (χ1v) is 12.0. The molecule has 2 aromatic rings. The van der Waals surface area contributed by atoms with Crippen molar-refractivity contribution in [2.24, 2.45) is 5.41 Å². The van der Waals surface area contributed by atoms with Crippen LogP contribution in [0.3, 0.4) is 0 Å². The van der Waals surface area contributed by atoms with Gasteiger partial charge in [0.05, 0.1) is 0 Å². The van der Waals surface area contributed by atoms with Gasteiger partial charge in [0, 0.05) is 37.9 Å². The van der Waals surface area contributed by atoms with Gasteiger partial charge in [0.2, 0.25) is 11.8 Å². The van der Waals surface area contributed by atoms with E-state index in [4.69, 9.17) is 23.2 Å². The fourth-order valence-electron chi connectivity index (χ4n) is 4.81. The number of rotatable bonds is 6. The first kappa shape index (κ1) is 22.2. The lowest BCUT2D eigenvalue weighted by Crippen LogP contribution is -2.59. The summed E-state index contributed by atoms with van der Waals surface area (Å²) in [4.78, 5) is 30.9. The van der Waals surface area contributed by atoms with Crippen LogP contribution in [-0.2, 0) is 34.4 Å². The molecule has 31 heavy (non-hydrogen) atoms. The zero-order chi connectivity index (χ0) is 21.8. The fraction of sp³-hybridized carbons (Fsp3) is 0.440. The highest BCUT2D eigenvalue weighted by Crippen LogP contribution is 2.41. The third kappa shape index (κ3) is 4.61. The lowest BCUT2D eigenvalue weighted by molar-refractivity contribution is -0.165. The van der Waals surface area contributed by atoms with Gasteiger partial charge in [0.1, 0.15) is 5.41 Å². The topological polar surface area (TPSA) is 40.6 Å². The van der Waals surface area contributed by atoms with E-state index >= 15 is 0 Å². The van der Waals surface area contributed by atoms with Crippen LogP contribution in [0.1, 0.15) is 47.9 Å². The van der Waals surface area contributed by atoms with Crippen LogP contribution in [0.2, 0.25) is 0 Å². The number of likely N-dealkylation sites (tertiary alicyclic amines) is 2. The first-order valence-electron chi connectivity index (χ1n) is 10.9. The summed E-state index contributed by atoms with van der Waals surface area (Å²) in [7, 11) is 0. The molecule has 0 aromatic heterocycles. The van der Waals surface area contributed by atoms with Gasteiger partial charge < -0.3 is 9.80 Å². The molecule has 0 atom stereocenters. The SMILES string of the molecule is O=C1N(Cc2ccc(CCl)cc2)CCCC12CCCN(Cc1ccc(CCl)cc1)C2=O. The Hall–Kier alpha value is -2.04. The van der Waals surface area contributed by atoms with Gasteiger partial charge in [-0.05, 0) is 47.9 Å². The summed E-state index contributed by atoms with van der Waals surface area (Å²) in [5, 5.41) is 0. The lowest BCUT2D eigenvalue weighted by Gasteiger charge is -2.46. The highest BCUT2D eigenvalue weighted by molar-refractivity contribution is 6.17. The van der Waals surface area contributed by atoms with Crippen LogP contribution < -0.4 is 0 Å². The van der Waals surface area contributed by atoms with Crippen LogP contribution >= 0.6 is 23.2 Å². The van der Waals surface area contributed by atoms with Crippen molar-refractivity contribution in [2.75, 3.05) is 13.1 Å². The third-order valence-electron chi connectivity index (χ3n) is 6.56. The molecule has 2 aliphatic heterocycles. The van der Waals surface area contributed by atoms with E-state index in [0.29, 0.717) is 50.8 Å². The molecule has 0 radical (unpaired) electrons. The molecule has 0 N–H and O–H groups in total. The minimum atomic E-state index is -0.900. The number of amides is 2. The highest BCUT2D eigenvalue weighted by Gasteiger charge is 2.52. The summed E-state index contributed by atoms with van der Waals surface area (Å²) < 4.78 is 0. The Bertz CT molecular complexity index is 850. The van der Waals surface area contributed by atoms with Crippen LogP contribution in [0, 0.1) is 5.41 Å². The number of halogens is 2. The maximum Gasteiger partial charge on any atom is 0.238 e. The standard InChI is InChI=1S/C25H28Cl2N2O2/c26-15-19-3-7-21(8-4-19)17-28-13-1-11-25(23(28)30)12-2-14-29(24(25)31)18-22-9-5-20(16-27)6-10-22/h3-10H,1-2,11-18H2. The van der Waals surface area contributed by atoms with Crippen molar-refractivity contribution in [3.8, 4) is 0 Å². The van der Waals surface area contributed by atoms with E-state index in [1.807, 2.05) is 58.3 Å². The Morgan fingerprint density at radius 2 is 1.00 bits per heavy atom. The number of carbonyl (C=O) groups is 2. The van der Waals surface area contributed by atoms with Gasteiger partial charge in [-0.3, -0.25) is 9.59 Å². The van der Waals surface area contributed by atoms with E-state index in [1.165, 1.54) is 0 Å². The Labute approximate surface area is 194 Å². The molecule has 0 saturated carbocycles. The van der Waals surface area contributed by atoms with Gasteiger partial charge in [-0.25, -0.2) is 0 Å². The Morgan fingerprint density at radius 1 is 0.645 bits per heavy atom. The number of carbonyl (C=O) groups excluding carboxylic acids is 2. The molecule has 0 unspecified atom stereocenters. The predicted octanol–water partition coefficient (Wildman–Crippen LogP) is 5.10. The number of hydrogen-bond acceptors (Lipinski definition) is 2. The zero-order valence-corrected chi connectivity index (χ0v) is 19.2. The summed E-state index contributed by atoms with van der Waals surface area (Å²) in [5.41, 5.74) is 3.36. The predicted molar refractivity (Wildman–Crippen MR) is 124 cm³/mol. The summed E-state index contributed by atoms with van der Waals surface area (Å²) in [6.45, 7) is 2.47. The molecular weight excluding hydrogens is 431 g/mol. The molecule has 6 heteroatoms. The zero-order valence-electron chi connectivity index (χ0n) is 17.7. The number of benzene rings is 2. The quantitative estimate of drug-likeness (QED) is 0.446. The second kappa shape index (κ2) is 9.62. The molecule has 4 nitrogen and oxygen atoms in total. The van der Waals surface area contributed by atoms with Crippen molar-refractivity contribution >= 4 is 35.0 Å². The highest BCUT2D eigenvalue weighted by atomic mass is 35.5. The van der Waals surface area contributed by atoms with Crippen molar-refractivity contribution in [3.63, 3.8) is 0 Å². The van der Waals surface area contributed by atoms with E-state index < -0.39 is 5.41 Å². The van der Waals surface area contributed by atoms with E-state index in [2.05, 4.69) is 0 Å². The van der Waals surface area contributed by atoms with Crippen molar-refractivity contribution in [3.05, 3.63) is 70.8 Å². The van der Waals surface area contributed by atoms with Crippen molar-refractivity contribution < 1.29 is 9.59 Å². The normalized spacial score (nSPS) is 18.6. The summed E-state index contributed by atoms with van der Waals surface area (Å²) >= 11 is 11.8. The van der Waals surface area contributed by atoms with Crippen LogP contribution in [0.15, 0.2) is 48.5 Å². The van der Waals surface area contributed by atoms with Gasteiger partial charge in [-0.1, -0.05) is 48.5 Å². The first-order chi connectivity index (χ1) is 15.1. The van der Waals surface area contributed by atoms with Crippen LogP contribution in [-0.4, -0.2) is 34.7 Å². The van der Waals surface area contributed by atoms with Crippen molar-refractivity contribution in [1.82, 2.24) is 9.80 Å². The van der Waals surface area contributed by atoms with Crippen molar-refractivity contribution in [2.45, 2.75) is 50.5 Å². The van der Waals surface area contributed by atoms with E-state index in [1.54, 1.807) is 0 Å².